The molecule has 2 rings (SSSR count). The summed E-state index contributed by atoms with van der Waals surface area (Å²) in [6.07, 6.45) is -0.143. The SMILES string of the molecule is O=C(O)c1c(C(F)F)ncn(CC2CC2)c1=O. The van der Waals surface area contributed by atoms with E-state index in [1.807, 2.05) is 0 Å². The van der Waals surface area contributed by atoms with Gasteiger partial charge in [-0.2, -0.15) is 0 Å². The van der Waals surface area contributed by atoms with Gasteiger partial charge >= 0.3 is 5.97 Å². The first-order valence-corrected chi connectivity index (χ1v) is 5.11. The molecule has 0 radical (unpaired) electrons. The molecule has 0 aliphatic heterocycles. The van der Waals surface area contributed by atoms with Gasteiger partial charge in [-0.1, -0.05) is 0 Å². The first-order chi connectivity index (χ1) is 8.00. The normalized spacial score (nSPS) is 15.2. The molecule has 1 aromatic heterocycles. The van der Waals surface area contributed by atoms with E-state index in [0.29, 0.717) is 12.5 Å². The predicted molar refractivity (Wildman–Crippen MR) is 53.1 cm³/mol. The van der Waals surface area contributed by atoms with Crippen LogP contribution in [0.25, 0.3) is 0 Å². The van der Waals surface area contributed by atoms with Crippen molar-refractivity contribution in [3.63, 3.8) is 0 Å². The summed E-state index contributed by atoms with van der Waals surface area (Å²) in [7, 11) is 0. The van der Waals surface area contributed by atoms with Crippen molar-refractivity contribution in [3.05, 3.63) is 27.9 Å². The quantitative estimate of drug-likeness (QED) is 0.866. The molecule has 0 amide bonds. The van der Waals surface area contributed by atoms with Gasteiger partial charge < -0.3 is 5.11 Å². The second-order valence-corrected chi connectivity index (χ2v) is 4.01. The average molecular weight is 244 g/mol. The topological polar surface area (TPSA) is 72.2 Å². The molecule has 1 heterocycles. The van der Waals surface area contributed by atoms with E-state index < -0.39 is 29.2 Å². The molecule has 0 spiro atoms. The minimum absolute atomic E-state index is 0.327. The van der Waals surface area contributed by atoms with Crippen LogP contribution in [0.15, 0.2) is 11.1 Å². The highest BCUT2D eigenvalue weighted by Crippen LogP contribution is 2.30. The van der Waals surface area contributed by atoms with Crippen molar-refractivity contribution in [2.24, 2.45) is 5.92 Å². The lowest BCUT2D eigenvalue weighted by Gasteiger charge is -2.08. The van der Waals surface area contributed by atoms with Crippen molar-refractivity contribution in [2.45, 2.75) is 25.8 Å². The molecule has 0 aromatic carbocycles. The van der Waals surface area contributed by atoms with Crippen LogP contribution in [0.4, 0.5) is 8.78 Å². The zero-order valence-electron chi connectivity index (χ0n) is 8.77. The van der Waals surface area contributed by atoms with Crippen LogP contribution in [0, 0.1) is 5.92 Å². The van der Waals surface area contributed by atoms with E-state index in [2.05, 4.69) is 4.98 Å². The van der Waals surface area contributed by atoms with Crippen molar-refractivity contribution in [1.29, 1.82) is 0 Å². The van der Waals surface area contributed by atoms with Crippen molar-refractivity contribution in [1.82, 2.24) is 9.55 Å². The van der Waals surface area contributed by atoms with Crippen molar-refractivity contribution < 1.29 is 18.7 Å². The Balaban J connectivity index is 2.48. The predicted octanol–water partition coefficient (Wildman–Crippen LogP) is 1.29. The second-order valence-electron chi connectivity index (χ2n) is 4.01. The monoisotopic (exact) mass is 244 g/mol. The zero-order chi connectivity index (χ0) is 12.6. The molecule has 5 nitrogen and oxygen atoms in total. The van der Waals surface area contributed by atoms with Crippen LogP contribution in [0.2, 0.25) is 0 Å². The molecule has 0 bridgehead atoms. The third kappa shape index (κ3) is 2.32. The van der Waals surface area contributed by atoms with Crippen LogP contribution in [-0.2, 0) is 6.54 Å². The molecule has 1 fully saturated rings. The largest absolute Gasteiger partial charge is 0.477 e. The Labute approximate surface area is 94.7 Å². The molecule has 7 heteroatoms. The number of hydrogen-bond acceptors (Lipinski definition) is 3. The molecule has 1 aliphatic carbocycles. The number of carbonyl (C=O) groups is 1. The Morgan fingerprint density at radius 2 is 2.24 bits per heavy atom. The number of rotatable bonds is 4. The Bertz CT molecular complexity index is 509. The maximum absolute atomic E-state index is 12.5. The van der Waals surface area contributed by atoms with Gasteiger partial charge in [0, 0.05) is 6.54 Å². The Hall–Kier alpha value is -1.79. The van der Waals surface area contributed by atoms with E-state index in [-0.39, 0.29) is 0 Å². The van der Waals surface area contributed by atoms with Gasteiger partial charge in [-0.15, -0.1) is 0 Å². The molecule has 0 saturated heterocycles. The molecule has 1 aliphatic rings. The van der Waals surface area contributed by atoms with Gasteiger partial charge in [0.05, 0.1) is 6.33 Å². The summed E-state index contributed by atoms with van der Waals surface area (Å²) in [6, 6.07) is 0. The number of aromatic carboxylic acids is 1. The molecular formula is C10H10F2N2O3. The first kappa shape index (κ1) is 11.7. The highest BCUT2D eigenvalue weighted by atomic mass is 19.3. The van der Waals surface area contributed by atoms with E-state index in [4.69, 9.17) is 5.11 Å². The van der Waals surface area contributed by atoms with Gasteiger partial charge in [0.25, 0.3) is 12.0 Å². The minimum atomic E-state index is -3.07. The number of aromatic nitrogens is 2. The maximum atomic E-state index is 12.5. The Morgan fingerprint density at radius 1 is 1.59 bits per heavy atom. The first-order valence-electron chi connectivity index (χ1n) is 5.11. The molecule has 1 saturated carbocycles. The van der Waals surface area contributed by atoms with Crippen LogP contribution in [0.1, 0.15) is 35.3 Å². The van der Waals surface area contributed by atoms with Gasteiger partial charge in [-0.05, 0) is 18.8 Å². The number of hydrogen-bond donors (Lipinski definition) is 1. The molecule has 0 atom stereocenters. The van der Waals surface area contributed by atoms with Crippen LogP contribution in [0.3, 0.4) is 0 Å². The molecule has 1 aromatic rings. The van der Waals surface area contributed by atoms with E-state index in [1.165, 1.54) is 0 Å². The van der Waals surface area contributed by atoms with Crippen molar-refractivity contribution in [2.75, 3.05) is 0 Å². The van der Waals surface area contributed by atoms with Crippen LogP contribution >= 0.6 is 0 Å². The fourth-order valence-electron chi connectivity index (χ4n) is 1.58. The number of alkyl halides is 2. The number of carboxylic acids is 1. The average Bonchev–Trinajstić information content (AvgIpc) is 3.03. The van der Waals surface area contributed by atoms with E-state index >= 15 is 0 Å². The molecule has 0 unspecified atom stereocenters. The maximum Gasteiger partial charge on any atom is 0.343 e. The molecule has 1 N–H and O–H groups in total. The molecule has 92 valence electrons. The summed E-state index contributed by atoms with van der Waals surface area (Å²) in [5.74, 6) is -1.34. The van der Waals surface area contributed by atoms with E-state index in [0.717, 1.165) is 23.7 Å². The van der Waals surface area contributed by atoms with Gasteiger partial charge in [0.2, 0.25) is 0 Å². The van der Waals surface area contributed by atoms with Gasteiger partial charge in [-0.3, -0.25) is 9.36 Å². The smallest absolute Gasteiger partial charge is 0.343 e. The summed E-state index contributed by atoms with van der Waals surface area (Å²) in [5, 5.41) is 8.78. The second kappa shape index (κ2) is 4.23. The third-order valence-electron chi connectivity index (χ3n) is 2.64. The minimum Gasteiger partial charge on any atom is -0.477 e. The lowest BCUT2D eigenvalue weighted by molar-refractivity contribution is 0.0678. The van der Waals surface area contributed by atoms with Crippen molar-refractivity contribution >= 4 is 5.97 Å². The fourth-order valence-corrected chi connectivity index (χ4v) is 1.58. The van der Waals surface area contributed by atoms with Crippen LogP contribution < -0.4 is 5.56 Å². The number of nitrogens with zero attached hydrogens (tertiary/aromatic N) is 2. The standard InChI is InChI=1S/C10H10F2N2O3/c11-8(12)7-6(10(16)17)9(15)14(4-13-7)3-5-1-2-5/h4-5,8H,1-3H2,(H,16,17). The van der Waals surface area contributed by atoms with Gasteiger partial charge in [-0.25, -0.2) is 18.6 Å². The highest BCUT2D eigenvalue weighted by molar-refractivity contribution is 5.88. The number of halogens is 2. The highest BCUT2D eigenvalue weighted by Gasteiger charge is 2.27. The zero-order valence-corrected chi connectivity index (χ0v) is 8.77. The summed E-state index contributed by atoms with van der Waals surface area (Å²) >= 11 is 0. The summed E-state index contributed by atoms with van der Waals surface area (Å²) in [5.41, 5.74) is -2.80. The van der Waals surface area contributed by atoms with Gasteiger partial charge in [0.1, 0.15) is 5.69 Å². The van der Waals surface area contributed by atoms with Gasteiger partial charge in [0.15, 0.2) is 5.56 Å². The number of carboxylic acid groups (broad SMARTS) is 1. The van der Waals surface area contributed by atoms with E-state index in [1.54, 1.807) is 0 Å². The van der Waals surface area contributed by atoms with E-state index in [9.17, 15) is 18.4 Å². The van der Waals surface area contributed by atoms with Crippen LogP contribution in [-0.4, -0.2) is 20.6 Å². The fraction of sp³-hybridized carbons (Fsp3) is 0.500. The van der Waals surface area contributed by atoms with Crippen molar-refractivity contribution in [3.8, 4) is 0 Å². The lowest BCUT2D eigenvalue weighted by atomic mass is 10.2. The summed E-state index contributed by atoms with van der Waals surface area (Å²) < 4.78 is 26.1. The summed E-state index contributed by atoms with van der Waals surface area (Å²) in [4.78, 5) is 25.9. The lowest BCUT2D eigenvalue weighted by Crippen LogP contribution is -2.29. The molecular weight excluding hydrogens is 234 g/mol. The van der Waals surface area contributed by atoms with Crippen LogP contribution in [0.5, 0.6) is 0 Å². The third-order valence-corrected chi connectivity index (χ3v) is 2.64. The summed E-state index contributed by atoms with van der Waals surface area (Å²) in [6.45, 7) is 0.343. The Kier molecular flexibility index (Phi) is 2.91. The Morgan fingerprint density at radius 3 is 2.71 bits per heavy atom. The molecule has 17 heavy (non-hydrogen) atoms.